The van der Waals surface area contributed by atoms with Crippen molar-refractivity contribution in [3.05, 3.63) is 58.4 Å². The summed E-state index contributed by atoms with van der Waals surface area (Å²) in [5.41, 5.74) is 4.61. The molecule has 1 aromatic carbocycles. The van der Waals surface area contributed by atoms with Gasteiger partial charge in [0.2, 0.25) is 0 Å². The smallest absolute Gasteiger partial charge is 0.0794 e. The highest BCUT2D eigenvalue weighted by Crippen LogP contribution is 2.39. The van der Waals surface area contributed by atoms with Gasteiger partial charge in [-0.3, -0.25) is 0 Å². The first-order chi connectivity index (χ1) is 9.83. The number of hydrogen-bond acceptors (Lipinski definition) is 2. The fourth-order valence-electron chi connectivity index (χ4n) is 3.24. The van der Waals surface area contributed by atoms with E-state index in [2.05, 4.69) is 47.6 Å². The first kappa shape index (κ1) is 13.8. The highest BCUT2D eigenvalue weighted by atomic mass is 32.1. The van der Waals surface area contributed by atoms with Crippen molar-refractivity contribution in [3.8, 4) is 0 Å². The molecule has 0 N–H and O–H groups in total. The van der Waals surface area contributed by atoms with Crippen LogP contribution < -0.4 is 0 Å². The molecule has 1 radical (unpaired) electrons. The number of rotatable bonds is 4. The highest BCUT2D eigenvalue weighted by molar-refractivity contribution is 7.07. The number of aromatic nitrogens is 1. The Labute approximate surface area is 126 Å². The van der Waals surface area contributed by atoms with Crippen molar-refractivity contribution in [3.63, 3.8) is 0 Å². The first-order valence-electron chi connectivity index (χ1n) is 7.61. The van der Waals surface area contributed by atoms with Gasteiger partial charge in [-0.1, -0.05) is 50.1 Å². The van der Waals surface area contributed by atoms with Crippen molar-refractivity contribution in [2.75, 3.05) is 0 Å². The van der Waals surface area contributed by atoms with Gasteiger partial charge < -0.3 is 0 Å². The molecule has 0 atom stereocenters. The van der Waals surface area contributed by atoms with Crippen LogP contribution in [0.15, 0.2) is 41.2 Å². The second-order valence-electron chi connectivity index (χ2n) is 6.02. The Morgan fingerprint density at radius 2 is 1.90 bits per heavy atom. The van der Waals surface area contributed by atoms with Crippen LogP contribution in [0.2, 0.25) is 0 Å². The summed E-state index contributed by atoms with van der Waals surface area (Å²) in [7, 11) is 0. The Balaban J connectivity index is 1.78. The van der Waals surface area contributed by atoms with E-state index in [0.717, 1.165) is 18.3 Å². The summed E-state index contributed by atoms with van der Waals surface area (Å²) in [6.45, 7) is 2.38. The zero-order valence-corrected chi connectivity index (χ0v) is 12.9. The van der Waals surface area contributed by atoms with Gasteiger partial charge in [0.05, 0.1) is 11.2 Å². The molecular weight excluding hydrogens is 262 g/mol. The molecule has 2 aromatic rings. The number of benzene rings is 1. The van der Waals surface area contributed by atoms with E-state index in [9.17, 15) is 0 Å². The maximum atomic E-state index is 4.59. The van der Waals surface area contributed by atoms with Crippen molar-refractivity contribution in [1.82, 2.24) is 4.98 Å². The molecule has 1 aliphatic carbocycles. The summed E-state index contributed by atoms with van der Waals surface area (Å²) in [4.78, 5) is 4.59. The van der Waals surface area contributed by atoms with Crippen LogP contribution in [0.25, 0.3) is 0 Å². The Morgan fingerprint density at radius 3 is 2.55 bits per heavy atom. The van der Waals surface area contributed by atoms with E-state index in [1.54, 1.807) is 17.3 Å². The van der Waals surface area contributed by atoms with Gasteiger partial charge in [-0.2, -0.15) is 0 Å². The topological polar surface area (TPSA) is 12.9 Å². The maximum Gasteiger partial charge on any atom is 0.0794 e. The van der Waals surface area contributed by atoms with E-state index in [-0.39, 0.29) is 0 Å². The molecule has 0 aliphatic heterocycles. The molecule has 1 fully saturated rings. The predicted molar refractivity (Wildman–Crippen MR) is 85.7 cm³/mol. The van der Waals surface area contributed by atoms with Gasteiger partial charge >= 0.3 is 0 Å². The Bertz CT molecular complexity index is 497. The molecular formula is C18H22NS. The van der Waals surface area contributed by atoms with Crippen LogP contribution >= 0.6 is 11.3 Å². The molecule has 0 spiro atoms. The zero-order chi connectivity index (χ0) is 13.8. The molecule has 1 nitrogen and oxygen atoms in total. The maximum absolute atomic E-state index is 4.59. The van der Waals surface area contributed by atoms with Gasteiger partial charge in [-0.15, -0.1) is 11.3 Å². The monoisotopic (exact) mass is 284 g/mol. The van der Waals surface area contributed by atoms with Gasteiger partial charge in [-0.05, 0) is 36.7 Å². The van der Waals surface area contributed by atoms with Crippen LogP contribution in [0, 0.1) is 17.8 Å². The Morgan fingerprint density at radius 1 is 1.15 bits per heavy atom. The lowest BCUT2D eigenvalue weighted by Crippen LogP contribution is -2.22. The second-order valence-corrected chi connectivity index (χ2v) is 6.74. The lowest BCUT2D eigenvalue weighted by Gasteiger charge is -2.31. The van der Waals surface area contributed by atoms with E-state index < -0.39 is 0 Å². The fraction of sp³-hybridized carbons (Fsp3) is 0.444. The summed E-state index contributed by atoms with van der Waals surface area (Å²) in [5.74, 6) is 3.19. The summed E-state index contributed by atoms with van der Waals surface area (Å²) in [6.07, 6.45) is 6.46. The van der Waals surface area contributed by atoms with Gasteiger partial charge in [0.25, 0.3) is 0 Å². The molecule has 0 bridgehead atoms. The molecule has 3 rings (SSSR count). The minimum Gasteiger partial charge on any atom is -0.249 e. The highest BCUT2D eigenvalue weighted by Gasteiger charge is 2.29. The lowest BCUT2D eigenvalue weighted by molar-refractivity contribution is 0.299. The van der Waals surface area contributed by atoms with Gasteiger partial charge in [0, 0.05) is 11.3 Å². The molecule has 1 heterocycles. The van der Waals surface area contributed by atoms with Crippen LogP contribution in [-0.2, 0) is 6.42 Å². The van der Waals surface area contributed by atoms with E-state index in [0.29, 0.717) is 0 Å². The van der Waals surface area contributed by atoms with Crippen LogP contribution in [0.3, 0.4) is 0 Å². The number of nitrogens with zero attached hydrogens (tertiary/aromatic N) is 1. The molecule has 1 aliphatic rings. The summed E-state index contributed by atoms with van der Waals surface area (Å²) in [5, 5.41) is 2.22. The van der Waals surface area contributed by atoms with E-state index in [1.807, 2.05) is 5.51 Å². The summed E-state index contributed by atoms with van der Waals surface area (Å²) in [6, 6.07) is 10.8. The lowest BCUT2D eigenvalue weighted by atomic mass is 9.73. The fourth-order valence-corrected chi connectivity index (χ4v) is 3.82. The predicted octanol–water partition coefficient (Wildman–Crippen LogP) is 5.13. The number of thiazole rings is 1. The second kappa shape index (κ2) is 6.53. The minimum absolute atomic E-state index is 0.730. The Hall–Kier alpha value is -1.15. The summed E-state index contributed by atoms with van der Waals surface area (Å²) >= 11 is 1.71. The third kappa shape index (κ3) is 3.29. The molecule has 0 unspecified atom stereocenters. The van der Waals surface area contributed by atoms with Crippen molar-refractivity contribution in [1.29, 1.82) is 0 Å². The molecule has 20 heavy (non-hydrogen) atoms. The van der Waals surface area contributed by atoms with Gasteiger partial charge in [0.1, 0.15) is 0 Å². The van der Waals surface area contributed by atoms with E-state index >= 15 is 0 Å². The average Bonchev–Trinajstić information content (AvgIpc) is 3.01. The molecule has 0 amide bonds. The van der Waals surface area contributed by atoms with Crippen molar-refractivity contribution in [2.24, 2.45) is 11.8 Å². The third-order valence-corrected chi connectivity index (χ3v) is 5.09. The van der Waals surface area contributed by atoms with Crippen molar-refractivity contribution < 1.29 is 0 Å². The summed E-state index contributed by atoms with van der Waals surface area (Å²) < 4.78 is 0. The van der Waals surface area contributed by atoms with Gasteiger partial charge in [-0.25, -0.2) is 4.98 Å². The SMILES string of the molecule is CC1CCC([C](Cc2ccccc2)c2cscn2)CC1. The zero-order valence-electron chi connectivity index (χ0n) is 12.1. The quantitative estimate of drug-likeness (QED) is 0.758. The minimum atomic E-state index is 0.730. The van der Waals surface area contributed by atoms with Crippen LogP contribution in [-0.4, -0.2) is 4.98 Å². The molecule has 0 saturated heterocycles. The largest absolute Gasteiger partial charge is 0.249 e. The molecule has 1 aromatic heterocycles. The number of hydrogen-bond donors (Lipinski definition) is 0. The standard InChI is InChI=1S/C18H22NS/c1-14-7-9-16(10-8-14)17(18-12-20-13-19-18)11-15-5-3-2-4-6-15/h2-6,12-14,16H,7-11H2,1H3. The van der Waals surface area contributed by atoms with Crippen LogP contribution in [0.5, 0.6) is 0 Å². The molecule has 2 heteroatoms. The van der Waals surface area contributed by atoms with Crippen LogP contribution in [0.4, 0.5) is 0 Å². The van der Waals surface area contributed by atoms with Crippen LogP contribution in [0.1, 0.15) is 43.9 Å². The van der Waals surface area contributed by atoms with E-state index in [4.69, 9.17) is 0 Å². The normalized spacial score (nSPS) is 23.1. The molecule has 1 saturated carbocycles. The van der Waals surface area contributed by atoms with Crippen molar-refractivity contribution in [2.45, 2.75) is 39.0 Å². The Kier molecular flexibility index (Phi) is 4.51. The average molecular weight is 284 g/mol. The van der Waals surface area contributed by atoms with Gasteiger partial charge in [0.15, 0.2) is 0 Å². The van der Waals surface area contributed by atoms with Crippen molar-refractivity contribution >= 4 is 11.3 Å². The van der Waals surface area contributed by atoms with E-state index in [1.165, 1.54) is 36.9 Å². The third-order valence-electron chi connectivity index (χ3n) is 4.51. The molecule has 105 valence electrons. The first-order valence-corrected chi connectivity index (χ1v) is 8.55.